The maximum atomic E-state index is 13.2. The lowest BCUT2D eigenvalue weighted by Crippen LogP contribution is -2.40. The Morgan fingerprint density at radius 3 is 0.829 bits per heavy atom. The molecule has 0 spiro atoms. The van der Waals surface area contributed by atoms with Crippen LogP contribution in [0.3, 0.4) is 0 Å². The average Bonchev–Trinajstić information content (AvgIpc) is 4.12. The van der Waals surface area contributed by atoms with Gasteiger partial charge >= 0.3 is 0 Å². The standard InChI is InChI=1S/2C29H28N2O3S/c2*1-20(26(21-12-6-3-7-13-21)30-28(32)22-14-8-4-9-15-22)27(24-18-19-25(34-2)35-24)31-29(33)23-16-10-5-11-17-23/h2*3-20,26-27H,1-2H3,(H,30,32)(H,31,33)/t2*20-,26-,27-/m00/s1. The zero-order valence-electron chi connectivity index (χ0n) is 39.4. The van der Waals surface area contributed by atoms with Crippen molar-refractivity contribution in [3.63, 3.8) is 0 Å². The lowest BCUT2D eigenvalue weighted by Gasteiger charge is -2.32. The molecular formula is C58H56N4O6S2. The van der Waals surface area contributed by atoms with E-state index in [0.717, 1.165) is 31.0 Å². The minimum Gasteiger partial charge on any atom is -0.487 e. The summed E-state index contributed by atoms with van der Waals surface area (Å²) in [5.41, 5.74) is 4.26. The fraction of sp³-hybridized carbons (Fsp3) is 0.172. The van der Waals surface area contributed by atoms with Crippen LogP contribution in [0.5, 0.6) is 10.1 Å². The Labute approximate surface area is 417 Å². The minimum absolute atomic E-state index is 0.164. The summed E-state index contributed by atoms with van der Waals surface area (Å²) in [4.78, 5) is 54.6. The highest BCUT2D eigenvalue weighted by atomic mass is 32.1. The van der Waals surface area contributed by atoms with Gasteiger partial charge in [-0.15, -0.1) is 22.7 Å². The topological polar surface area (TPSA) is 135 Å². The van der Waals surface area contributed by atoms with Crippen molar-refractivity contribution in [2.24, 2.45) is 11.8 Å². The predicted octanol–water partition coefficient (Wildman–Crippen LogP) is 12.1. The molecule has 4 amide bonds. The monoisotopic (exact) mass is 968 g/mol. The molecule has 6 atom stereocenters. The van der Waals surface area contributed by atoms with Crippen molar-refractivity contribution < 1.29 is 28.7 Å². The van der Waals surface area contributed by atoms with Crippen LogP contribution in [-0.2, 0) is 0 Å². The van der Waals surface area contributed by atoms with Crippen molar-refractivity contribution in [2.45, 2.75) is 38.0 Å². The second kappa shape index (κ2) is 25.0. The lowest BCUT2D eigenvalue weighted by molar-refractivity contribution is 0.0877. The molecule has 4 N–H and O–H groups in total. The van der Waals surface area contributed by atoms with E-state index >= 15 is 0 Å². The number of amides is 4. The first-order valence-corrected chi connectivity index (χ1v) is 24.6. The highest BCUT2D eigenvalue weighted by molar-refractivity contribution is 7.14. The number of carbonyl (C=O) groups excluding carboxylic acids is 4. The quantitative estimate of drug-likeness (QED) is 0.0676. The molecule has 0 aliphatic heterocycles. The smallest absolute Gasteiger partial charge is 0.251 e. The van der Waals surface area contributed by atoms with Gasteiger partial charge in [0.1, 0.15) is 0 Å². The van der Waals surface area contributed by atoms with E-state index in [9.17, 15) is 19.2 Å². The summed E-state index contributed by atoms with van der Waals surface area (Å²) in [6.07, 6.45) is 0. The number of ether oxygens (including phenoxy) is 2. The van der Waals surface area contributed by atoms with E-state index < -0.39 is 0 Å². The summed E-state index contributed by atoms with van der Waals surface area (Å²) in [7, 11) is 3.26. The van der Waals surface area contributed by atoms with Crippen molar-refractivity contribution in [3.8, 4) is 10.1 Å². The lowest BCUT2D eigenvalue weighted by atomic mass is 9.87. The molecule has 0 bridgehead atoms. The van der Waals surface area contributed by atoms with Crippen LogP contribution >= 0.6 is 22.7 Å². The Hall–Kier alpha value is -7.80. The van der Waals surface area contributed by atoms with Crippen LogP contribution in [0, 0.1) is 11.8 Å². The number of thiophene rings is 2. The zero-order chi connectivity index (χ0) is 49.2. The fourth-order valence-corrected chi connectivity index (χ4v) is 10.1. The molecule has 2 heterocycles. The van der Waals surface area contributed by atoms with Gasteiger partial charge in [-0.05, 0) is 83.9 Å². The number of methoxy groups -OCH3 is 2. The molecule has 356 valence electrons. The predicted molar refractivity (Wildman–Crippen MR) is 280 cm³/mol. The number of rotatable bonds is 18. The van der Waals surface area contributed by atoms with Crippen molar-refractivity contribution in [3.05, 3.63) is 249 Å². The summed E-state index contributed by atoms with van der Waals surface area (Å²) < 4.78 is 10.8. The highest BCUT2D eigenvalue weighted by Gasteiger charge is 2.34. The summed E-state index contributed by atoms with van der Waals surface area (Å²) >= 11 is 2.97. The largest absolute Gasteiger partial charge is 0.487 e. The van der Waals surface area contributed by atoms with Crippen molar-refractivity contribution in [2.75, 3.05) is 14.2 Å². The van der Waals surface area contributed by atoms with Crippen LogP contribution in [0.15, 0.2) is 206 Å². The molecule has 70 heavy (non-hydrogen) atoms. The molecule has 0 saturated carbocycles. The van der Waals surface area contributed by atoms with E-state index in [1.54, 1.807) is 62.8 Å². The van der Waals surface area contributed by atoms with Crippen LogP contribution in [0.1, 0.15) is 100 Å². The maximum absolute atomic E-state index is 13.2. The van der Waals surface area contributed by atoms with E-state index in [2.05, 4.69) is 21.3 Å². The minimum atomic E-state index is -0.363. The van der Waals surface area contributed by atoms with Gasteiger partial charge in [0.15, 0.2) is 10.1 Å². The van der Waals surface area contributed by atoms with Crippen LogP contribution in [0.25, 0.3) is 0 Å². The number of carbonyl (C=O) groups is 4. The highest BCUT2D eigenvalue weighted by Crippen LogP contribution is 2.40. The SMILES string of the molecule is COc1ccc([C@@H](NC(=O)c2ccccc2)[C@@H](C)[C@H](NC(=O)c2ccccc2)c2ccccc2)s1.COc1ccc([C@@H](NC(=O)c2ccccc2)[C@@H](C)[C@H](NC(=O)c2ccccc2)c2ccccc2)s1. The normalized spacial score (nSPS) is 13.3. The van der Waals surface area contributed by atoms with Crippen LogP contribution in [0.2, 0.25) is 0 Å². The van der Waals surface area contributed by atoms with Gasteiger partial charge in [-0.1, -0.05) is 147 Å². The summed E-state index contributed by atoms with van der Waals surface area (Å²) in [6, 6.07) is 62.6. The first-order chi connectivity index (χ1) is 34.1. The molecule has 0 radical (unpaired) electrons. The van der Waals surface area contributed by atoms with Crippen LogP contribution in [-0.4, -0.2) is 37.8 Å². The van der Waals surface area contributed by atoms with Crippen LogP contribution < -0.4 is 30.7 Å². The van der Waals surface area contributed by atoms with Gasteiger partial charge in [0.05, 0.1) is 38.4 Å². The van der Waals surface area contributed by atoms with Gasteiger partial charge in [-0.2, -0.15) is 0 Å². The van der Waals surface area contributed by atoms with Gasteiger partial charge in [0.2, 0.25) is 0 Å². The van der Waals surface area contributed by atoms with Crippen molar-refractivity contribution >= 4 is 46.3 Å². The zero-order valence-corrected chi connectivity index (χ0v) is 41.0. The van der Waals surface area contributed by atoms with E-state index in [-0.39, 0.29) is 59.6 Å². The average molecular weight is 969 g/mol. The molecule has 10 nitrogen and oxygen atoms in total. The molecule has 6 aromatic carbocycles. The van der Waals surface area contributed by atoms with E-state index in [1.165, 1.54) is 22.7 Å². The van der Waals surface area contributed by atoms with Gasteiger partial charge in [-0.3, -0.25) is 19.2 Å². The molecule has 0 saturated heterocycles. The van der Waals surface area contributed by atoms with Crippen LogP contribution in [0.4, 0.5) is 0 Å². The Balaban J connectivity index is 0.000000206. The Morgan fingerprint density at radius 2 is 0.586 bits per heavy atom. The Kier molecular flexibility index (Phi) is 17.9. The van der Waals surface area contributed by atoms with Gasteiger partial charge in [0.25, 0.3) is 23.6 Å². The number of hydrogen-bond acceptors (Lipinski definition) is 8. The van der Waals surface area contributed by atoms with Crippen molar-refractivity contribution in [1.29, 1.82) is 0 Å². The summed E-state index contributed by atoms with van der Waals surface area (Å²) in [6.45, 7) is 4.09. The van der Waals surface area contributed by atoms with Gasteiger partial charge in [-0.25, -0.2) is 0 Å². The fourth-order valence-electron chi connectivity index (χ4n) is 8.14. The maximum Gasteiger partial charge on any atom is 0.251 e. The van der Waals surface area contributed by atoms with E-state index in [1.807, 2.05) is 172 Å². The van der Waals surface area contributed by atoms with E-state index in [4.69, 9.17) is 9.47 Å². The molecule has 0 unspecified atom stereocenters. The first-order valence-electron chi connectivity index (χ1n) is 22.9. The third-order valence-corrected chi connectivity index (χ3v) is 14.2. The molecule has 0 aliphatic carbocycles. The third-order valence-electron chi connectivity index (χ3n) is 11.9. The van der Waals surface area contributed by atoms with Gasteiger partial charge in [0, 0.05) is 43.8 Å². The van der Waals surface area contributed by atoms with Crippen molar-refractivity contribution in [1.82, 2.24) is 21.3 Å². The Bertz CT molecular complexity index is 2680. The molecule has 8 aromatic rings. The molecule has 0 fully saturated rings. The molecule has 2 aromatic heterocycles. The first kappa shape index (κ1) is 50.1. The number of hydrogen-bond donors (Lipinski definition) is 4. The number of benzene rings is 6. The molecule has 0 aliphatic rings. The van der Waals surface area contributed by atoms with Gasteiger partial charge < -0.3 is 30.7 Å². The van der Waals surface area contributed by atoms with E-state index in [0.29, 0.717) is 22.3 Å². The molecule has 12 heteroatoms. The summed E-state index contributed by atoms with van der Waals surface area (Å²) in [5.74, 6) is -1.03. The second-order valence-electron chi connectivity index (χ2n) is 16.5. The summed E-state index contributed by atoms with van der Waals surface area (Å²) in [5, 5.41) is 14.4. The molecular weight excluding hydrogens is 913 g/mol. The Morgan fingerprint density at radius 1 is 0.343 bits per heavy atom. The second-order valence-corrected chi connectivity index (χ2v) is 18.7. The molecule has 8 rings (SSSR count). The number of nitrogens with one attached hydrogen (secondary N) is 4. The third kappa shape index (κ3) is 13.2.